The maximum Gasteiger partial charge on any atom is 0.257 e. The van der Waals surface area contributed by atoms with Crippen molar-refractivity contribution in [3.63, 3.8) is 0 Å². The largest absolute Gasteiger partial charge is 0.419 e. The lowest BCUT2D eigenvalue weighted by molar-refractivity contribution is 0.509. The van der Waals surface area contributed by atoms with Crippen LogP contribution in [0.5, 0.6) is 0 Å². The lowest BCUT2D eigenvalue weighted by atomic mass is 9.89. The predicted molar refractivity (Wildman–Crippen MR) is 115 cm³/mol. The van der Waals surface area contributed by atoms with Crippen molar-refractivity contribution in [3.8, 4) is 10.8 Å². The van der Waals surface area contributed by atoms with Crippen molar-refractivity contribution >= 4 is 50.5 Å². The molecule has 0 unspecified atom stereocenters. The number of nitrogens with zero attached hydrogens (tertiary/aromatic N) is 4. The molecule has 0 spiro atoms. The Labute approximate surface area is 174 Å². The third-order valence-electron chi connectivity index (χ3n) is 4.97. The Morgan fingerprint density at radius 3 is 3.04 bits per heavy atom. The van der Waals surface area contributed by atoms with Crippen LogP contribution in [0.3, 0.4) is 0 Å². The topological polar surface area (TPSA) is 90.7 Å². The fourth-order valence-electron chi connectivity index (χ4n) is 3.51. The first kappa shape index (κ1) is 18.1. The van der Waals surface area contributed by atoms with Crippen LogP contribution in [0.2, 0.25) is 0 Å². The number of fused-ring (bicyclic) bond motifs is 3. The van der Waals surface area contributed by atoms with E-state index >= 15 is 0 Å². The number of hydrogen-bond acceptors (Lipinski definition) is 9. The number of nitrogens with two attached hydrogens (primary N) is 1. The Morgan fingerprint density at radius 1 is 1.32 bits per heavy atom. The molecule has 2 atom stereocenters. The van der Waals surface area contributed by atoms with Gasteiger partial charge in [0, 0.05) is 4.88 Å². The fraction of sp³-hybridized carbons (Fsp3) is 0.368. The number of nitrogen functional groups attached to an aromatic ring is 1. The summed E-state index contributed by atoms with van der Waals surface area (Å²) in [6, 6.07) is 3.94. The van der Waals surface area contributed by atoms with Gasteiger partial charge in [-0.25, -0.2) is 9.97 Å². The number of aryl methyl sites for hydroxylation is 1. The van der Waals surface area contributed by atoms with E-state index < -0.39 is 0 Å². The molecule has 0 saturated heterocycles. The summed E-state index contributed by atoms with van der Waals surface area (Å²) < 4.78 is 5.84. The van der Waals surface area contributed by atoms with Gasteiger partial charge in [-0.2, -0.15) is 0 Å². The van der Waals surface area contributed by atoms with E-state index in [-0.39, 0.29) is 5.25 Å². The molecular formula is C19H19N5OS3. The smallest absolute Gasteiger partial charge is 0.257 e. The summed E-state index contributed by atoms with van der Waals surface area (Å²) in [5.74, 6) is 2.42. The van der Waals surface area contributed by atoms with Crippen LogP contribution in [-0.2, 0) is 12.8 Å². The Kier molecular flexibility index (Phi) is 4.60. The molecule has 28 heavy (non-hydrogen) atoms. The maximum atomic E-state index is 6.34. The Bertz CT molecular complexity index is 1130. The normalized spacial score (nSPS) is 17.7. The summed E-state index contributed by atoms with van der Waals surface area (Å²) in [4.78, 5) is 12.7. The molecule has 0 aliphatic heterocycles. The van der Waals surface area contributed by atoms with E-state index in [0.717, 1.165) is 33.9 Å². The van der Waals surface area contributed by atoms with Crippen molar-refractivity contribution < 1.29 is 4.42 Å². The highest BCUT2D eigenvalue weighted by molar-refractivity contribution is 7.99. The molecular weight excluding hydrogens is 410 g/mol. The minimum atomic E-state index is -0.0623. The molecule has 5 rings (SSSR count). The molecule has 4 heterocycles. The molecule has 0 aromatic carbocycles. The highest BCUT2D eigenvalue weighted by atomic mass is 32.2. The first-order chi connectivity index (χ1) is 13.6. The molecule has 9 heteroatoms. The highest BCUT2D eigenvalue weighted by Crippen LogP contribution is 2.41. The van der Waals surface area contributed by atoms with Gasteiger partial charge in [0.15, 0.2) is 5.16 Å². The molecule has 0 amide bonds. The second-order valence-corrected chi connectivity index (χ2v) is 10.4. The van der Waals surface area contributed by atoms with Gasteiger partial charge in [0.2, 0.25) is 5.89 Å². The molecule has 1 aliphatic rings. The summed E-state index contributed by atoms with van der Waals surface area (Å²) in [7, 11) is 0. The summed E-state index contributed by atoms with van der Waals surface area (Å²) >= 11 is 4.84. The Morgan fingerprint density at radius 2 is 2.21 bits per heavy atom. The molecule has 6 nitrogen and oxygen atoms in total. The summed E-state index contributed by atoms with van der Waals surface area (Å²) in [5, 5.41) is 12.0. The number of anilines is 1. The van der Waals surface area contributed by atoms with Gasteiger partial charge in [0.05, 0.1) is 15.5 Å². The van der Waals surface area contributed by atoms with Gasteiger partial charge in [-0.3, -0.25) is 0 Å². The van der Waals surface area contributed by atoms with Crippen LogP contribution in [0, 0.1) is 5.92 Å². The number of hydrogen-bond donors (Lipinski definition) is 1. The van der Waals surface area contributed by atoms with E-state index in [9.17, 15) is 0 Å². The third kappa shape index (κ3) is 3.21. The highest BCUT2D eigenvalue weighted by Gasteiger charge is 2.24. The van der Waals surface area contributed by atoms with Gasteiger partial charge < -0.3 is 10.2 Å². The molecule has 0 bridgehead atoms. The fourth-order valence-corrected chi connectivity index (χ4v) is 6.41. The second-order valence-electron chi connectivity index (χ2n) is 7.11. The molecule has 0 saturated carbocycles. The van der Waals surface area contributed by atoms with E-state index in [1.165, 1.54) is 28.6 Å². The number of aromatic nitrogens is 4. The molecule has 4 aromatic rings. The van der Waals surface area contributed by atoms with Gasteiger partial charge in [-0.15, -0.1) is 32.9 Å². The zero-order chi connectivity index (χ0) is 19.3. The van der Waals surface area contributed by atoms with Gasteiger partial charge >= 0.3 is 0 Å². The molecule has 1 aliphatic carbocycles. The number of rotatable bonds is 4. The van der Waals surface area contributed by atoms with Crippen LogP contribution in [-0.4, -0.2) is 20.2 Å². The van der Waals surface area contributed by atoms with Crippen molar-refractivity contribution in [2.45, 2.75) is 43.5 Å². The van der Waals surface area contributed by atoms with E-state index in [2.05, 4.69) is 22.1 Å². The number of thioether (sulfide) groups is 1. The van der Waals surface area contributed by atoms with Gasteiger partial charge in [0.1, 0.15) is 10.6 Å². The second kappa shape index (κ2) is 7.13. The lowest BCUT2D eigenvalue weighted by Gasteiger charge is -2.17. The van der Waals surface area contributed by atoms with Crippen LogP contribution in [0.15, 0.2) is 27.1 Å². The van der Waals surface area contributed by atoms with Gasteiger partial charge in [-0.05, 0) is 49.1 Å². The minimum absolute atomic E-state index is 0.0623. The first-order valence-electron chi connectivity index (χ1n) is 9.20. The summed E-state index contributed by atoms with van der Waals surface area (Å²) in [5.41, 5.74) is 7.69. The predicted octanol–water partition coefficient (Wildman–Crippen LogP) is 5.36. The van der Waals surface area contributed by atoms with Crippen molar-refractivity contribution in [2.75, 3.05) is 5.73 Å². The summed E-state index contributed by atoms with van der Waals surface area (Å²) in [6.45, 7) is 4.32. The summed E-state index contributed by atoms with van der Waals surface area (Å²) in [6.07, 6.45) is 3.39. The number of thiophene rings is 2. The zero-order valence-electron chi connectivity index (χ0n) is 15.5. The van der Waals surface area contributed by atoms with E-state index in [0.29, 0.717) is 22.8 Å². The van der Waals surface area contributed by atoms with Crippen LogP contribution in [0.1, 0.15) is 41.8 Å². The average Bonchev–Trinajstić information content (AvgIpc) is 3.39. The van der Waals surface area contributed by atoms with Crippen LogP contribution < -0.4 is 5.73 Å². The van der Waals surface area contributed by atoms with Crippen LogP contribution >= 0.6 is 34.4 Å². The lowest BCUT2D eigenvalue weighted by Crippen LogP contribution is -2.09. The molecule has 2 N–H and O–H groups in total. The average molecular weight is 430 g/mol. The quantitative estimate of drug-likeness (QED) is 0.345. The Hall–Kier alpha value is -1.97. The third-order valence-corrected chi connectivity index (χ3v) is 7.92. The van der Waals surface area contributed by atoms with Crippen LogP contribution in [0.25, 0.3) is 21.0 Å². The molecule has 144 valence electrons. The molecule has 0 radical (unpaired) electrons. The standard InChI is InChI=1S/C19H19N5OS3/c1-9-5-6-11-13(8-9)28-18-14(11)15(20)21-19(22-18)27-10(2)16-23-24-17(25-16)12-4-3-7-26-12/h3-4,7,9-10H,5-6,8H2,1-2H3,(H2,20,21,22)/t9-,10-/m0/s1. The van der Waals surface area contributed by atoms with Gasteiger partial charge in [-0.1, -0.05) is 24.8 Å². The van der Waals surface area contributed by atoms with Crippen molar-refractivity contribution in [1.82, 2.24) is 20.2 Å². The van der Waals surface area contributed by atoms with Crippen molar-refractivity contribution in [1.29, 1.82) is 0 Å². The molecule has 4 aromatic heterocycles. The Balaban J connectivity index is 1.42. The first-order valence-corrected chi connectivity index (χ1v) is 11.8. The van der Waals surface area contributed by atoms with E-state index in [4.69, 9.17) is 15.1 Å². The minimum Gasteiger partial charge on any atom is -0.419 e. The van der Waals surface area contributed by atoms with Gasteiger partial charge in [0.25, 0.3) is 5.89 Å². The van der Waals surface area contributed by atoms with Crippen molar-refractivity contribution in [2.24, 2.45) is 5.92 Å². The molecule has 0 fully saturated rings. The SMILES string of the molecule is C[C@H]1CCc2c(sc3nc(S[C@@H](C)c4nnc(-c5cccs5)o4)nc(N)c23)C1. The van der Waals surface area contributed by atoms with E-state index in [1.54, 1.807) is 22.7 Å². The van der Waals surface area contributed by atoms with Crippen molar-refractivity contribution in [3.05, 3.63) is 33.8 Å². The maximum absolute atomic E-state index is 6.34. The van der Waals surface area contributed by atoms with Crippen LogP contribution in [0.4, 0.5) is 5.82 Å². The monoisotopic (exact) mass is 429 g/mol. The van der Waals surface area contributed by atoms with E-state index in [1.807, 2.05) is 24.4 Å². The zero-order valence-corrected chi connectivity index (χ0v) is 18.0.